The molecule has 11 heteroatoms. The van der Waals surface area contributed by atoms with Crippen LogP contribution in [0.25, 0.3) is 11.5 Å². The maximum absolute atomic E-state index is 12.6. The lowest BCUT2D eigenvalue weighted by atomic mass is 10.2. The first-order valence-corrected chi connectivity index (χ1v) is 8.93. The number of carbonyl (C=O) groups excluding carboxylic acids is 1. The fourth-order valence-electron chi connectivity index (χ4n) is 3.04. The molecule has 0 aliphatic carbocycles. The summed E-state index contributed by atoms with van der Waals surface area (Å²) in [6, 6.07) is 5.32. The van der Waals surface area contributed by atoms with Crippen molar-refractivity contribution in [3.05, 3.63) is 29.3 Å². The number of ether oxygens (including phenoxy) is 1. The Kier molecular flexibility index (Phi) is 5.80. The number of nitrogens with zero attached hydrogens (tertiary/aromatic N) is 3. The summed E-state index contributed by atoms with van der Waals surface area (Å²) in [6.45, 7) is 3.27. The standard InChI is InChI=1S/C17H18ClF3N4O3/c1-9(15(26)25-8-7-13(10(25)2)28-17(19,20)21)22-16-24-23-14(27-16)11-3-5-12(18)6-4-11/h3-6,9-10,13H,7-8H2,1-2H3,(H,22,24)/t9-,10+,13-/m1/s1. The Morgan fingerprint density at radius 2 is 2.04 bits per heavy atom. The summed E-state index contributed by atoms with van der Waals surface area (Å²) in [5, 5.41) is 11.1. The van der Waals surface area contributed by atoms with Gasteiger partial charge in [-0.15, -0.1) is 18.3 Å². The Morgan fingerprint density at radius 1 is 1.36 bits per heavy atom. The van der Waals surface area contributed by atoms with Crippen molar-refractivity contribution in [2.45, 2.75) is 44.8 Å². The molecule has 3 rings (SSSR count). The molecule has 0 radical (unpaired) electrons. The van der Waals surface area contributed by atoms with E-state index in [2.05, 4.69) is 20.3 Å². The number of benzene rings is 1. The van der Waals surface area contributed by atoms with E-state index in [1.165, 1.54) is 11.8 Å². The zero-order valence-electron chi connectivity index (χ0n) is 15.0. The summed E-state index contributed by atoms with van der Waals surface area (Å²) in [4.78, 5) is 14.0. The smallest absolute Gasteiger partial charge is 0.403 e. The first-order valence-electron chi connectivity index (χ1n) is 8.55. The topological polar surface area (TPSA) is 80.5 Å². The predicted octanol–water partition coefficient (Wildman–Crippen LogP) is 3.72. The van der Waals surface area contributed by atoms with Crippen LogP contribution in [0.4, 0.5) is 19.2 Å². The van der Waals surface area contributed by atoms with Gasteiger partial charge in [0.25, 0.3) is 0 Å². The fraction of sp³-hybridized carbons (Fsp3) is 0.471. The lowest BCUT2D eigenvalue weighted by Crippen LogP contribution is -2.45. The van der Waals surface area contributed by atoms with Gasteiger partial charge in [-0.25, -0.2) is 0 Å². The molecule has 0 spiro atoms. The van der Waals surface area contributed by atoms with Gasteiger partial charge in [0.15, 0.2) is 0 Å². The van der Waals surface area contributed by atoms with Crippen molar-refractivity contribution in [2.24, 2.45) is 0 Å². The van der Waals surface area contributed by atoms with Crippen molar-refractivity contribution in [1.29, 1.82) is 0 Å². The second kappa shape index (κ2) is 7.96. The minimum absolute atomic E-state index is 0.0285. The summed E-state index contributed by atoms with van der Waals surface area (Å²) < 4.78 is 46.9. The molecule has 3 atom stereocenters. The highest BCUT2D eigenvalue weighted by Crippen LogP contribution is 2.29. The third-order valence-electron chi connectivity index (χ3n) is 4.48. The molecule has 0 unspecified atom stereocenters. The SMILES string of the molecule is C[C@@H](Nc1nnc(-c2ccc(Cl)cc2)o1)C(=O)N1CC[C@@H](OC(F)(F)F)[C@@H]1C. The van der Waals surface area contributed by atoms with Crippen LogP contribution in [0.15, 0.2) is 28.7 Å². The molecule has 1 aliphatic rings. The summed E-state index contributed by atoms with van der Waals surface area (Å²) in [5.74, 6) is -0.140. The first-order chi connectivity index (χ1) is 13.1. The van der Waals surface area contributed by atoms with Crippen LogP contribution < -0.4 is 5.32 Å². The van der Waals surface area contributed by atoms with Crippen LogP contribution in [0, 0.1) is 0 Å². The van der Waals surface area contributed by atoms with Crippen molar-refractivity contribution in [1.82, 2.24) is 15.1 Å². The van der Waals surface area contributed by atoms with E-state index in [4.69, 9.17) is 16.0 Å². The number of hydrogen-bond acceptors (Lipinski definition) is 6. The third-order valence-corrected chi connectivity index (χ3v) is 4.73. The number of likely N-dealkylation sites (tertiary alicyclic amines) is 1. The maximum atomic E-state index is 12.6. The minimum atomic E-state index is -4.73. The molecule has 7 nitrogen and oxygen atoms in total. The molecule has 1 saturated heterocycles. The number of anilines is 1. The summed E-state index contributed by atoms with van der Waals surface area (Å²) in [6.07, 6.45) is -5.71. The summed E-state index contributed by atoms with van der Waals surface area (Å²) >= 11 is 5.84. The largest absolute Gasteiger partial charge is 0.522 e. The van der Waals surface area contributed by atoms with Gasteiger partial charge in [0.05, 0.1) is 12.1 Å². The zero-order valence-corrected chi connectivity index (χ0v) is 15.8. The lowest BCUT2D eigenvalue weighted by Gasteiger charge is -2.27. The average Bonchev–Trinajstić information content (AvgIpc) is 3.21. The average molecular weight is 419 g/mol. The van der Waals surface area contributed by atoms with Crippen LogP contribution in [-0.4, -0.2) is 52.1 Å². The van der Waals surface area contributed by atoms with Gasteiger partial charge in [-0.3, -0.25) is 9.53 Å². The van der Waals surface area contributed by atoms with Crippen molar-refractivity contribution in [3.8, 4) is 11.5 Å². The molecule has 2 aromatic rings. The van der Waals surface area contributed by atoms with Gasteiger partial charge in [-0.1, -0.05) is 16.7 Å². The number of rotatable bonds is 5. The van der Waals surface area contributed by atoms with Crippen molar-refractivity contribution in [2.75, 3.05) is 11.9 Å². The van der Waals surface area contributed by atoms with Crippen molar-refractivity contribution >= 4 is 23.5 Å². The van der Waals surface area contributed by atoms with Gasteiger partial charge >= 0.3 is 12.4 Å². The third kappa shape index (κ3) is 4.74. The van der Waals surface area contributed by atoms with Crippen LogP contribution in [0.2, 0.25) is 5.02 Å². The second-order valence-electron chi connectivity index (χ2n) is 6.45. The Balaban J connectivity index is 1.61. The number of amides is 1. The van der Waals surface area contributed by atoms with E-state index in [-0.39, 0.29) is 30.8 Å². The van der Waals surface area contributed by atoms with Gasteiger partial charge in [0.2, 0.25) is 11.8 Å². The number of alkyl halides is 3. The predicted molar refractivity (Wildman–Crippen MR) is 94.5 cm³/mol. The Bertz CT molecular complexity index is 828. The molecule has 1 aromatic heterocycles. The zero-order chi connectivity index (χ0) is 20.5. The summed E-state index contributed by atoms with van der Waals surface area (Å²) in [7, 11) is 0. The van der Waals surface area contributed by atoms with Crippen LogP contribution in [-0.2, 0) is 9.53 Å². The van der Waals surface area contributed by atoms with Crippen LogP contribution >= 0.6 is 11.6 Å². The molecule has 1 aliphatic heterocycles. The molecule has 1 amide bonds. The van der Waals surface area contributed by atoms with E-state index < -0.39 is 24.6 Å². The first kappa shape index (κ1) is 20.4. The molecule has 0 saturated carbocycles. The van der Waals surface area contributed by atoms with Gasteiger partial charge < -0.3 is 14.6 Å². The minimum Gasteiger partial charge on any atom is -0.403 e. The monoisotopic (exact) mass is 418 g/mol. The van der Waals surface area contributed by atoms with E-state index in [0.717, 1.165) is 0 Å². The number of nitrogens with one attached hydrogen (secondary N) is 1. The second-order valence-corrected chi connectivity index (χ2v) is 6.88. The number of aromatic nitrogens is 2. The van der Waals surface area contributed by atoms with E-state index in [1.54, 1.807) is 31.2 Å². The highest BCUT2D eigenvalue weighted by Gasteiger charge is 2.43. The van der Waals surface area contributed by atoms with Crippen LogP contribution in [0.3, 0.4) is 0 Å². The van der Waals surface area contributed by atoms with E-state index in [9.17, 15) is 18.0 Å². The maximum Gasteiger partial charge on any atom is 0.522 e. The number of halogens is 4. The Morgan fingerprint density at radius 3 is 2.68 bits per heavy atom. The molecule has 152 valence electrons. The van der Waals surface area contributed by atoms with Gasteiger partial charge in [0, 0.05) is 17.1 Å². The number of hydrogen-bond donors (Lipinski definition) is 1. The lowest BCUT2D eigenvalue weighted by molar-refractivity contribution is -0.343. The summed E-state index contributed by atoms with van der Waals surface area (Å²) in [5.41, 5.74) is 0.657. The van der Waals surface area contributed by atoms with Crippen molar-refractivity contribution in [3.63, 3.8) is 0 Å². The van der Waals surface area contributed by atoms with E-state index in [0.29, 0.717) is 10.6 Å². The van der Waals surface area contributed by atoms with E-state index in [1.807, 2.05) is 0 Å². The molecule has 1 fully saturated rings. The molecule has 1 aromatic carbocycles. The quantitative estimate of drug-likeness (QED) is 0.797. The van der Waals surface area contributed by atoms with E-state index >= 15 is 0 Å². The normalized spacial score (nSPS) is 21.0. The van der Waals surface area contributed by atoms with Gasteiger partial charge in [-0.2, -0.15) is 0 Å². The molecular weight excluding hydrogens is 401 g/mol. The van der Waals surface area contributed by atoms with Gasteiger partial charge in [-0.05, 0) is 44.5 Å². The molecule has 0 bridgehead atoms. The number of carbonyl (C=O) groups is 1. The highest BCUT2D eigenvalue weighted by atomic mass is 35.5. The van der Waals surface area contributed by atoms with Crippen LogP contribution in [0.1, 0.15) is 20.3 Å². The highest BCUT2D eigenvalue weighted by molar-refractivity contribution is 6.30. The fourth-order valence-corrected chi connectivity index (χ4v) is 3.16. The molecule has 28 heavy (non-hydrogen) atoms. The Labute approximate surface area is 163 Å². The van der Waals surface area contributed by atoms with Gasteiger partial charge in [0.1, 0.15) is 6.04 Å². The van der Waals surface area contributed by atoms with Crippen molar-refractivity contribution < 1.29 is 27.1 Å². The van der Waals surface area contributed by atoms with Crippen LogP contribution in [0.5, 0.6) is 0 Å². The molecular formula is C17H18ClF3N4O3. The molecule has 2 heterocycles. The Hall–Kier alpha value is -2.33. The molecule has 1 N–H and O–H groups in total.